The zero-order valence-electron chi connectivity index (χ0n) is 8.73. The molecule has 0 saturated carbocycles. The summed E-state index contributed by atoms with van der Waals surface area (Å²) in [6.45, 7) is 2.84. The van der Waals surface area contributed by atoms with Crippen LogP contribution in [-0.2, 0) is 28.7 Å². The van der Waals surface area contributed by atoms with Gasteiger partial charge in [-0.15, -0.1) is 0 Å². The van der Waals surface area contributed by atoms with Gasteiger partial charge < -0.3 is 9.47 Å². The third-order valence-electron chi connectivity index (χ3n) is 1.39. The molecule has 0 bridgehead atoms. The van der Waals surface area contributed by atoms with Gasteiger partial charge in [-0.25, -0.2) is 0 Å². The summed E-state index contributed by atoms with van der Waals surface area (Å²) in [6, 6.07) is 0. The highest BCUT2D eigenvalue weighted by atomic mass is 16.6. The van der Waals surface area contributed by atoms with Gasteiger partial charge in [0.25, 0.3) is 0 Å². The van der Waals surface area contributed by atoms with E-state index in [0.717, 1.165) is 20.8 Å². The molecule has 0 aliphatic carbocycles. The Kier molecular flexibility index (Phi) is 5.22. The van der Waals surface area contributed by atoms with E-state index in [1.807, 2.05) is 0 Å². The van der Waals surface area contributed by atoms with E-state index in [1.165, 1.54) is 0 Å². The van der Waals surface area contributed by atoms with E-state index in [2.05, 4.69) is 9.47 Å². The number of hydrogen-bond donors (Lipinski definition) is 0. The van der Waals surface area contributed by atoms with Crippen LogP contribution in [0.3, 0.4) is 0 Å². The van der Waals surface area contributed by atoms with E-state index in [9.17, 15) is 19.2 Å². The quantitative estimate of drug-likeness (QED) is 0.460. The fraction of sp³-hybridized carbons (Fsp3) is 0.556. The molecule has 0 saturated heterocycles. The molecule has 84 valence electrons. The van der Waals surface area contributed by atoms with Crippen molar-refractivity contribution in [3.05, 3.63) is 0 Å². The zero-order valence-corrected chi connectivity index (χ0v) is 8.73. The summed E-state index contributed by atoms with van der Waals surface area (Å²) in [6.07, 6.45) is -1.34. The predicted octanol–water partition coefficient (Wildman–Crippen LogP) is -0.361. The molecule has 6 nitrogen and oxygen atoms in total. The largest absolute Gasteiger partial charge is 0.461 e. The number of ether oxygens (including phenoxy) is 2. The van der Waals surface area contributed by atoms with Gasteiger partial charge in [-0.2, -0.15) is 0 Å². The number of ketones is 2. The fourth-order valence-electron chi connectivity index (χ4n) is 0.783. The smallest absolute Gasteiger partial charge is 0.303 e. The molecule has 0 aromatic heterocycles. The molecule has 0 heterocycles. The Morgan fingerprint density at radius 3 is 1.87 bits per heavy atom. The van der Waals surface area contributed by atoms with Gasteiger partial charge in [0.1, 0.15) is 6.61 Å². The molecule has 0 aliphatic rings. The van der Waals surface area contributed by atoms with Gasteiger partial charge in [-0.05, 0) is 0 Å². The van der Waals surface area contributed by atoms with Crippen LogP contribution in [0.15, 0.2) is 0 Å². The number of carbonyl (C=O) groups is 4. The summed E-state index contributed by atoms with van der Waals surface area (Å²) in [4.78, 5) is 43.0. The van der Waals surface area contributed by atoms with Crippen molar-refractivity contribution in [2.45, 2.75) is 26.9 Å². The molecule has 0 aromatic rings. The number of esters is 2. The summed E-state index contributed by atoms with van der Waals surface area (Å²) < 4.78 is 9.02. The molecule has 0 aromatic carbocycles. The first-order valence-electron chi connectivity index (χ1n) is 4.20. The van der Waals surface area contributed by atoms with Gasteiger partial charge in [0.05, 0.1) is 0 Å². The second-order valence-electron chi connectivity index (χ2n) is 2.82. The molecule has 0 fully saturated rings. The number of hydrogen-bond acceptors (Lipinski definition) is 6. The molecule has 0 N–H and O–H groups in total. The second-order valence-corrected chi connectivity index (χ2v) is 2.82. The third kappa shape index (κ3) is 5.56. The lowest BCUT2D eigenvalue weighted by atomic mass is 10.2. The van der Waals surface area contributed by atoms with Crippen molar-refractivity contribution in [1.29, 1.82) is 0 Å². The number of carbonyl (C=O) groups excluding carboxylic acids is 4. The summed E-state index contributed by atoms with van der Waals surface area (Å²) in [5, 5.41) is 0. The minimum atomic E-state index is -1.34. The summed E-state index contributed by atoms with van der Waals surface area (Å²) in [5.41, 5.74) is 0. The Hall–Kier alpha value is -1.72. The van der Waals surface area contributed by atoms with Gasteiger partial charge >= 0.3 is 11.9 Å². The average molecular weight is 216 g/mol. The molecule has 0 rings (SSSR count). The fourth-order valence-corrected chi connectivity index (χ4v) is 0.783. The minimum Gasteiger partial charge on any atom is -0.461 e. The normalized spacial score (nSPS) is 11.4. The van der Waals surface area contributed by atoms with Crippen LogP contribution in [0.4, 0.5) is 0 Å². The highest BCUT2D eigenvalue weighted by molar-refractivity contribution is 6.38. The lowest BCUT2D eigenvalue weighted by Crippen LogP contribution is -2.35. The lowest BCUT2D eigenvalue weighted by molar-refractivity contribution is -0.162. The Bertz CT molecular complexity index is 293. The van der Waals surface area contributed by atoms with Crippen molar-refractivity contribution in [1.82, 2.24) is 0 Å². The Morgan fingerprint density at radius 2 is 1.53 bits per heavy atom. The summed E-state index contributed by atoms with van der Waals surface area (Å²) in [7, 11) is 0. The first kappa shape index (κ1) is 13.3. The van der Waals surface area contributed by atoms with E-state index in [-0.39, 0.29) is 0 Å². The van der Waals surface area contributed by atoms with Crippen molar-refractivity contribution >= 4 is 23.5 Å². The van der Waals surface area contributed by atoms with E-state index in [4.69, 9.17) is 0 Å². The molecule has 1 atom stereocenters. The van der Waals surface area contributed by atoms with Crippen LogP contribution in [0.1, 0.15) is 20.8 Å². The molecule has 0 spiro atoms. The molecular weight excluding hydrogens is 204 g/mol. The van der Waals surface area contributed by atoms with E-state index in [1.54, 1.807) is 0 Å². The Labute approximate surface area is 86.5 Å². The van der Waals surface area contributed by atoms with Gasteiger partial charge in [-0.3, -0.25) is 19.2 Å². The van der Waals surface area contributed by atoms with Crippen LogP contribution in [0.5, 0.6) is 0 Å². The van der Waals surface area contributed by atoms with Crippen LogP contribution in [0.25, 0.3) is 0 Å². The second kappa shape index (κ2) is 5.90. The Balaban J connectivity index is 4.43. The van der Waals surface area contributed by atoms with Gasteiger partial charge in [0, 0.05) is 20.8 Å². The molecular formula is C9H12O6. The van der Waals surface area contributed by atoms with Crippen LogP contribution in [-0.4, -0.2) is 36.2 Å². The van der Waals surface area contributed by atoms with Crippen LogP contribution >= 0.6 is 0 Å². The van der Waals surface area contributed by atoms with Crippen LogP contribution < -0.4 is 0 Å². The van der Waals surface area contributed by atoms with E-state index < -0.39 is 36.2 Å². The van der Waals surface area contributed by atoms with Gasteiger partial charge in [0.15, 0.2) is 5.78 Å². The zero-order chi connectivity index (χ0) is 12.0. The molecule has 0 aliphatic heterocycles. The highest BCUT2D eigenvalue weighted by Gasteiger charge is 2.26. The molecule has 15 heavy (non-hydrogen) atoms. The first-order valence-corrected chi connectivity index (χ1v) is 4.20. The van der Waals surface area contributed by atoms with Crippen molar-refractivity contribution in [2.24, 2.45) is 0 Å². The number of rotatable bonds is 5. The predicted molar refractivity (Wildman–Crippen MR) is 47.9 cm³/mol. The maximum Gasteiger partial charge on any atom is 0.303 e. The van der Waals surface area contributed by atoms with E-state index in [0.29, 0.717) is 0 Å². The van der Waals surface area contributed by atoms with Crippen LogP contribution in [0.2, 0.25) is 0 Å². The molecule has 0 amide bonds. The van der Waals surface area contributed by atoms with Gasteiger partial charge in [0.2, 0.25) is 11.9 Å². The summed E-state index contributed by atoms with van der Waals surface area (Å²) >= 11 is 0. The summed E-state index contributed by atoms with van der Waals surface area (Å²) in [5.74, 6) is -3.00. The molecule has 0 unspecified atom stereocenters. The van der Waals surface area contributed by atoms with Crippen molar-refractivity contribution in [3.8, 4) is 0 Å². The van der Waals surface area contributed by atoms with Crippen molar-refractivity contribution < 1.29 is 28.7 Å². The maximum absolute atomic E-state index is 11.2. The first-order chi connectivity index (χ1) is 6.84. The molecule has 0 radical (unpaired) electrons. The SMILES string of the molecule is CC(=O)OC[C@H](OC(C)=O)C(=O)C(C)=O. The number of Topliss-reactive ketones (excluding diaryl/α,β-unsaturated/α-hetero) is 2. The van der Waals surface area contributed by atoms with Gasteiger partial charge in [-0.1, -0.05) is 0 Å². The highest BCUT2D eigenvalue weighted by Crippen LogP contribution is 1.98. The monoisotopic (exact) mass is 216 g/mol. The van der Waals surface area contributed by atoms with E-state index >= 15 is 0 Å². The molecule has 6 heteroatoms. The van der Waals surface area contributed by atoms with Crippen LogP contribution in [0, 0.1) is 0 Å². The Morgan fingerprint density at radius 1 is 1.00 bits per heavy atom. The maximum atomic E-state index is 11.2. The van der Waals surface area contributed by atoms with Crippen molar-refractivity contribution in [3.63, 3.8) is 0 Å². The lowest BCUT2D eigenvalue weighted by Gasteiger charge is -2.13. The topological polar surface area (TPSA) is 86.7 Å². The van der Waals surface area contributed by atoms with Crippen molar-refractivity contribution in [2.75, 3.05) is 6.61 Å². The standard InChI is InChI=1S/C9H12O6/c1-5(10)9(13)8(15-7(3)12)4-14-6(2)11/h8H,4H2,1-3H3/t8-/m0/s1. The average Bonchev–Trinajstić information content (AvgIpc) is 2.10. The third-order valence-corrected chi connectivity index (χ3v) is 1.39. The minimum absolute atomic E-state index is 0.437.